The lowest BCUT2D eigenvalue weighted by atomic mass is 9.84. The maximum atomic E-state index is 15.7. The molecule has 4 aliphatic heterocycles. The van der Waals surface area contributed by atoms with Gasteiger partial charge < -0.3 is 105 Å². The number of hydrogen-bond acceptors (Lipinski definition) is 21. The molecular weight excluding hydrogens is 1450 g/mol. The van der Waals surface area contributed by atoms with Crippen LogP contribution in [-0.4, -0.2) is 264 Å². The van der Waals surface area contributed by atoms with Crippen LogP contribution in [0.2, 0.25) is 0 Å². The summed E-state index contributed by atoms with van der Waals surface area (Å²) < 4.78 is -1.60. The summed E-state index contributed by atoms with van der Waals surface area (Å²) in [5.74, 6) is -18.0. The van der Waals surface area contributed by atoms with Crippen LogP contribution < -0.4 is 70.0 Å². The van der Waals surface area contributed by atoms with Gasteiger partial charge in [-0.2, -0.15) is 0 Å². The van der Waals surface area contributed by atoms with Gasteiger partial charge in [0.05, 0.1) is 25.7 Å². The number of carbonyl (C=O) groups is 15. The van der Waals surface area contributed by atoms with Crippen molar-refractivity contribution in [3.05, 3.63) is 0 Å². The summed E-state index contributed by atoms with van der Waals surface area (Å²) in [6.07, 6.45) is 3.32. The zero-order chi connectivity index (χ0) is 80.8. The smallest absolute Gasteiger partial charge is 0.326 e. The SMILES string of the molecule is CC[C@H](C)[C@H](NC(=O)[C@H](C)N)C(=O)N[C@H]1CSSC(C)(C)[C@@H](C(=O)N[C@H](C(=O)N2CCC[C@H]2C(=O)N[C@@H](CC(=O)O)C(=O)O)[C@@H](C)CC)NC(=O)[C@H]([C@@H](C)CC)NC(=O)[C@@H]2C[C@@H]3CCCCC3N2C(=O)[C@@H]2CCCN2C(=O)[C@H](CC(C)C)NC(=O)[C@H](CO)NC(=O)[C@H](CCCNC(=N)N)NC(=O)[C@H](CO)NC1=O. The highest BCUT2D eigenvalue weighted by Crippen LogP contribution is 2.42. The van der Waals surface area contributed by atoms with Crippen LogP contribution in [0.5, 0.6) is 0 Å². The summed E-state index contributed by atoms with van der Waals surface area (Å²) in [5.41, 5.74) is 11.4. The molecule has 1 aliphatic carbocycles. The molecular formula is C70H117N17O19S2. The average Bonchev–Trinajstić information content (AvgIpc) is 1.61. The van der Waals surface area contributed by atoms with E-state index < -0.39 is 233 Å². The van der Waals surface area contributed by atoms with E-state index in [0.717, 1.165) is 32.9 Å². The lowest BCUT2D eigenvalue weighted by Gasteiger charge is -2.39. The second-order valence-electron chi connectivity index (χ2n) is 30.1. The quantitative estimate of drug-likeness (QED) is 0.0184. The van der Waals surface area contributed by atoms with Crippen molar-refractivity contribution < 1.29 is 92.3 Å². The lowest BCUT2D eigenvalue weighted by molar-refractivity contribution is -0.150. The number of rotatable bonds is 26. The van der Waals surface area contributed by atoms with E-state index in [1.54, 1.807) is 55.4 Å². The number of nitrogens with one attached hydrogen (secondary N) is 12. The van der Waals surface area contributed by atoms with E-state index in [1.807, 2.05) is 0 Å². The highest BCUT2D eigenvalue weighted by atomic mass is 33.1. The van der Waals surface area contributed by atoms with E-state index in [4.69, 9.17) is 16.9 Å². The van der Waals surface area contributed by atoms with E-state index in [0.29, 0.717) is 32.1 Å². The molecule has 1 saturated carbocycles. The number of fused-ring (bicyclic) bond motifs is 4. The third-order valence-corrected chi connectivity index (χ3v) is 24.3. The number of carboxylic acids is 2. The highest BCUT2D eigenvalue weighted by Gasteiger charge is 2.53. The molecule has 108 heavy (non-hydrogen) atoms. The topological polar surface area (TPSA) is 555 Å². The minimum absolute atomic E-state index is 0.0132. The zero-order valence-electron chi connectivity index (χ0n) is 63.8. The summed E-state index contributed by atoms with van der Waals surface area (Å²) in [6, 6.07) is -21.3. The van der Waals surface area contributed by atoms with Crippen LogP contribution >= 0.6 is 21.6 Å². The van der Waals surface area contributed by atoms with Crippen LogP contribution in [0.15, 0.2) is 0 Å². The number of carbonyl (C=O) groups excluding carboxylic acids is 13. The fourth-order valence-corrected chi connectivity index (χ4v) is 17.0. The van der Waals surface area contributed by atoms with Crippen molar-refractivity contribution in [3.8, 4) is 0 Å². The van der Waals surface area contributed by atoms with Crippen LogP contribution in [0, 0.1) is 35.0 Å². The predicted octanol–water partition coefficient (Wildman–Crippen LogP) is -2.51. The van der Waals surface area contributed by atoms with Crippen LogP contribution in [0.25, 0.3) is 0 Å². The van der Waals surface area contributed by atoms with Gasteiger partial charge in [-0.3, -0.25) is 72.5 Å². The van der Waals surface area contributed by atoms with E-state index in [-0.39, 0.29) is 89.3 Å². The minimum Gasteiger partial charge on any atom is -0.481 e. The molecule has 0 aromatic rings. The van der Waals surface area contributed by atoms with Crippen LogP contribution in [0.1, 0.15) is 179 Å². The van der Waals surface area contributed by atoms with Gasteiger partial charge in [-0.25, -0.2) is 4.79 Å². The molecule has 0 radical (unpaired) electrons. The molecule has 0 aromatic heterocycles. The predicted molar refractivity (Wildman–Crippen MR) is 399 cm³/mol. The Morgan fingerprint density at radius 2 is 1.24 bits per heavy atom. The molecule has 36 nitrogen and oxygen atoms in total. The molecule has 20 N–H and O–H groups in total. The first-order valence-corrected chi connectivity index (χ1v) is 40.0. The van der Waals surface area contributed by atoms with Crippen molar-refractivity contribution in [2.24, 2.45) is 41.1 Å². The second-order valence-corrected chi connectivity index (χ2v) is 33.1. The number of nitrogens with zero attached hydrogens (tertiary/aromatic N) is 3. The number of carboxylic acid groups (broad SMARTS) is 2. The van der Waals surface area contributed by atoms with E-state index >= 15 is 28.8 Å². The van der Waals surface area contributed by atoms with Crippen molar-refractivity contribution in [1.82, 2.24) is 73.2 Å². The number of hydrogen-bond donors (Lipinski definition) is 18. The van der Waals surface area contributed by atoms with Crippen molar-refractivity contribution >= 4 is 116 Å². The number of guanidine groups is 1. The van der Waals surface area contributed by atoms with Gasteiger partial charge in [0, 0.05) is 36.2 Å². The third kappa shape index (κ3) is 24.7. The molecule has 13 amide bonds. The maximum Gasteiger partial charge on any atom is 0.326 e. The maximum absolute atomic E-state index is 15.7. The van der Waals surface area contributed by atoms with Crippen molar-refractivity contribution in [2.75, 3.05) is 38.6 Å². The van der Waals surface area contributed by atoms with E-state index in [9.17, 15) is 63.6 Å². The molecule has 0 spiro atoms. The number of aliphatic hydroxyl groups is 2. The molecule has 4 saturated heterocycles. The second kappa shape index (κ2) is 42.2. The molecule has 0 bridgehead atoms. The fraction of sp³-hybridized carbons (Fsp3) is 0.771. The lowest BCUT2D eigenvalue weighted by Crippen LogP contribution is -2.64. The summed E-state index contributed by atoms with van der Waals surface area (Å²) in [7, 11) is 1.75. The fourth-order valence-electron chi connectivity index (χ4n) is 14.2. The Labute approximate surface area is 638 Å². The third-order valence-electron chi connectivity index (χ3n) is 21.0. The van der Waals surface area contributed by atoms with Crippen LogP contribution in [-0.2, 0) is 71.9 Å². The molecule has 19 atom stereocenters. The first kappa shape index (κ1) is 90.5. The number of nitrogens with two attached hydrogens (primary N) is 2. The summed E-state index contributed by atoms with van der Waals surface area (Å²) in [4.78, 5) is 220. The van der Waals surface area contributed by atoms with E-state index in [2.05, 4.69) is 58.5 Å². The summed E-state index contributed by atoms with van der Waals surface area (Å²) in [5, 5.41) is 77.2. The van der Waals surface area contributed by atoms with Crippen LogP contribution in [0.4, 0.5) is 0 Å². The Bertz CT molecular complexity index is 3240. The Kier molecular flexibility index (Phi) is 35.4. The Hall–Kier alpha value is -8.10. The first-order chi connectivity index (χ1) is 50.9. The van der Waals surface area contributed by atoms with Crippen molar-refractivity contribution in [1.29, 1.82) is 5.41 Å². The number of likely N-dealkylation sites (tertiary alicyclic amines) is 1. The number of aliphatic carboxylic acids is 2. The number of aliphatic hydroxyl groups excluding tert-OH is 2. The van der Waals surface area contributed by atoms with Gasteiger partial charge in [0.25, 0.3) is 0 Å². The van der Waals surface area contributed by atoms with E-state index in [1.165, 1.54) is 30.6 Å². The molecule has 5 fully saturated rings. The Morgan fingerprint density at radius 3 is 1.82 bits per heavy atom. The van der Waals surface area contributed by atoms with Gasteiger partial charge in [0.2, 0.25) is 76.8 Å². The van der Waals surface area contributed by atoms with Gasteiger partial charge in [0.15, 0.2) is 5.96 Å². The first-order valence-electron chi connectivity index (χ1n) is 37.6. The molecule has 5 rings (SSSR count). The monoisotopic (exact) mass is 1560 g/mol. The highest BCUT2D eigenvalue weighted by molar-refractivity contribution is 8.77. The molecule has 1 unspecified atom stereocenters. The minimum atomic E-state index is -1.91. The molecule has 4 heterocycles. The van der Waals surface area contributed by atoms with Crippen molar-refractivity contribution in [3.63, 3.8) is 0 Å². The average molecular weight is 1560 g/mol. The Balaban J connectivity index is 1.70. The Morgan fingerprint density at radius 1 is 0.648 bits per heavy atom. The molecule has 38 heteroatoms. The molecule has 0 aromatic carbocycles. The molecule has 608 valence electrons. The summed E-state index contributed by atoms with van der Waals surface area (Å²) >= 11 is 0. The van der Waals surface area contributed by atoms with Gasteiger partial charge >= 0.3 is 11.9 Å². The summed E-state index contributed by atoms with van der Waals surface area (Å²) in [6.45, 7) is 16.1. The van der Waals surface area contributed by atoms with Gasteiger partial charge in [0.1, 0.15) is 78.5 Å². The van der Waals surface area contributed by atoms with Gasteiger partial charge in [-0.1, -0.05) is 109 Å². The molecule has 5 aliphatic rings. The van der Waals surface area contributed by atoms with Crippen molar-refractivity contribution in [2.45, 2.75) is 274 Å². The standard InChI is InChI=1S/C70H117N17O19S2/c1-12-35(6)51(81-55(92)38(9)71)62(99)80-45-33-107-108-70(10,11)54(64(101)83-53(37(8)14-3)67(104)85-26-18-23-47(85)60(97)77-42(68(105)106)30-50(90)91)84-63(100)52(36(7)13-2)82-61(98)49-29-39-20-15-16-22-46(39)87(49)66(103)48-24-19-27-86(48)65(102)41(28-34(4)5)76-58(95)44(32-89)78-56(93)40(21-17-25-74-69(72)73)75-57(94)43(31-88)79-59(45)96/h34-49,51-54,88-89H,12-33,71H2,1-11H3,(H,75,94)(H,76,95)(H,77,97)(H,78,93)(H,79,96)(H,80,99)(H,81,92)(H,82,98)(H,83,101)(H,84,100)(H,90,91)(H,105,106)(H4,72,73,74)/t35-,36-,37-,38-,39-,40-,41-,42-,43-,44-,45-,46?,47-,48-,49-,51-,52-,53-,54+/m0/s1. The number of amides is 13. The zero-order valence-corrected chi connectivity index (χ0v) is 65.5. The largest absolute Gasteiger partial charge is 0.481 e. The van der Waals surface area contributed by atoms with Gasteiger partial charge in [-0.05, 0) is 115 Å². The van der Waals surface area contributed by atoms with Gasteiger partial charge in [-0.15, -0.1) is 0 Å². The normalized spacial score (nSPS) is 27.9. The van der Waals surface area contributed by atoms with Crippen LogP contribution in [0.3, 0.4) is 0 Å².